The van der Waals surface area contributed by atoms with Crippen molar-refractivity contribution in [3.05, 3.63) is 94.3 Å². The van der Waals surface area contributed by atoms with Crippen LogP contribution in [0.4, 0.5) is 11.4 Å². The number of piperazine rings is 1. The van der Waals surface area contributed by atoms with Crippen molar-refractivity contribution in [3.63, 3.8) is 0 Å². The highest BCUT2D eigenvalue weighted by Gasteiger charge is 2.35. The van der Waals surface area contributed by atoms with Crippen LogP contribution in [-0.2, 0) is 0 Å². The molecule has 3 aromatic carbocycles. The van der Waals surface area contributed by atoms with Gasteiger partial charge in [-0.1, -0.05) is 67.0 Å². The molecule has 1 atom stereocenters. The first kappa shape index (κ1) is 26.5. The van der Waals surface area contributed by atoms with Crippen LogP contribution in [0.3, 0.4) is 0 Å². The fraction of sp³-hybridized carbons (Fsp3) is 0.344. The summed E-state index contributed by atoms with van der Waals surface area (Å²) in [5.74, 6) is 1.57. The van der Waals surface area contributed by atoms with Crippen molar-refractivity contribution in [3.8, 4) is 11.4 Å². The predicted octanol–water partition coefficient (Wildman–Crippen LogP) is 6.80. The molecule has 1 unspecified atom stereocenters. The summed E-state index contributed by atoms with van der Waals surface area (Å²) in [5.41, 5.74) is 5.81. The molecule has 1 saturated heterocycles. The molecule has 6 rings (SSSR count). The monoisotopic (exact) mass is 555 g/mol. The van der Waals surface area contributed by atoms with Gasteiger partial charge >= 0.3 is 0 Å². The molecule has 3 heterocycles. The van der Waals surface area contributed by atoms with Gasteiger partial charge in [-0.25, -0.2) is 0 Å². The second kappa shape index (κ2) is 11.1. The minimum Gasteiger partial charge on any atom is -0.368 e. The maximum atomic E-state index is 13.4. The lowest BCUT2D eigenvalue weighted by molar-refractivity contribution is 0.0992. The fourth-order valence-corrected chi connectivity index (χ4v) is 6.39. The lowest BCUT2D eigenvalue weighted by Gasteiger charge is -2.41. The minimum absolute atomic E-state index is 0.00352. The number of benzene rings is 3. The maximum absolute atomic E-state index is 13.4. The Kier molecular flexibility index (Phi) is 7.34. The van der Waals surface area contributed by atoms with Gasteiger partial charge in [-0.05, 0) is 54.3 Å². The number of carbonyl (C=O) groups is 1. The highest BCUT2D eigenvalue weighted by Crippen LogP contribution is 2.41. The largest absolute Gasteiger partial charge is 0.368 e. The van der Waals surface area contributed by atoms with Crippen LogP contribution >= 0.6 is 11.6 Å². The predicted molar refractivity (Wildman–Crippen MR) is 159 cm³/mol. The molecule has 0 radical (unpaired) electrons. The molecule has 1 fully saturated rings. The molecule has 0 bridgehead atoms. The fourth-order valence-electron chi connectivity index (χ4n) is 6.09. The van der Waals surface area contributed by atoms with Crippen LogP contribution in [0.2, 0.25) is 5.02 Å². The molecule has 2 aliphatic rings. The van der Waals surface area contributed by atoms with Gasteiger partial charge in [0, 0.05) is 56.0 Å². The molecule has 0 saturated carbocycles. The van der Waals surface area contributed by atoms with Gasteiger partial charge in [0.15, 0.2) is 0 Å². The van der Waals surface area contributed by atoms with Crippen LogP contribution in [-0.4, -0.2) is 54.2 Å². The quantitative estimate of drug-likeness (QED) is 0.261. The standard InChI is InChI=1S/C32H34ClN5O2/c1-4-21(5-2)31-34-30(35-40-31)22-14-15-28(26(33)20-22)37-16-18-38(19-17-37)29-23-10-6-7-11-24(23)32(39)36(3)27-13-9-8-12-25(27)29/h6-15,20-21,29H,4-5,16-19H2,1-3H3. The SMILES string of the molecule is CCC(CC)c1nc(-c2ccc(N3CCN(C4c5ccccc5C(=O)N(C)c5ccccc54)CC3)c(Cl)c2)no1. The third-order valence-electron chi connectivity index (χ3n) is 8.39. The summed E-state index contributed by atoms with van der Waals surface area (Å²) in [4.78, 5) is 24.6. The van der Waals surface area contributed by atoms with Gasteiger partial charge in [-0.2, -0.15) is 4.98 Å². The third kappa shape index (κ3) is 4.67. The first-order valence-corrected chi connectivity index (χ1v) is 14.5. The maximum Gasteiger partial charge on any atom is 0.258 e. The molecule has 0 N–H and O–H groups in total. The van der Waals surface area contributed by atoms with Gasteiger partial charge < -0.3 is 14.3 Å². The van der Waals surface area contributed by atoms with Crippen molar-refractivity contribution in [2.75, 3.05) is 43.0 Å². The van der Waals surface area contributed by atoms with Crippen molar-refractivity contribution in [1.82, 2.24) is 15.0 Å². The Bertz CT molecular complexity index is 1520. The average Bonchev–Trinajstić information content (AvgIpc) is 3.45. The smallest absolute Gasteiger partial charge is 0.258 e. The second-order valence-electron chi connectivity index (χ2n) is 10.6. The first-order valence-electron chi connectivity index (χ1n) is 14.1. The molecule has 7 nitrogen and oxygen atoms in total. The molecule has 1 aromatic heterocycles. The van der Waals surface area contributed by atoms with Gasteiger partial charge in [0.05, 0.1) is 16.8 Å². The van der Waals surface area contributed by atoms with Crippen LogP contribution in [0.25, 0.3) is 11.4 Å². The highest BCUT2D eigenvalue weighted by molar-refractivity contribution is 6.33. The Morgan fingerprint density at radius 1 is 0.925 bits per heavy atom. The number of halogens is 1. The van der Waals surface area contributed by atoms with Crippen LogP contribution < -0.4 is 9.80 Å². The van der Waals surface area contributed by atoms with E-state index < -0.39 is 0 Å². The normalized spacial score (nSPS) is 17.6. The number of aromatic nitrogens is 2. The van der Waals surface area contributed by atoms with Gasteiger partial charge in [0.1, 0.15) is 0 Å². The van der Waals surface area contributed by atoms with Crippen LogP contribution in [0.15, 0.2) is 71.3 Å². The van der Waals surface area contributed by atoms with Crippen LogP contribution in [0.5, 0.6) is 0 Å². The summed E-state index contributed by atoms with van der Waals surface area (Å²) in [6, 6.07) is 22.3. The summed E-state index contributed by atoms with van der Waals surface area (Å²) >= 11 is 6.82. The average molecular weight is 556 g/mol. The van der Waals surface area contributed by atoms with E-state index in [0.717, 1.165) is 72.6 Å². The van der Waals surface area contributed by atoms with E-state index in [1.165, 1.54) is 0 Å². The van der Waals surface area contributed by atoms with E-state index in [2.05, 4.69) is 58.1 Å². The summed E-state index contributed by atoms with van der Waals surface area (Å²) in [5, 5.41) is 4.89. The highest BCUT2D eigenvalue weighted by atomic mass is 35.5. The first-order chi connectivity index (χ1) is 19.5. The Labute approximate surface area is 240 Å². The van der Waals surface area contributed by atoms with E-state index in [1.54, 1.807) is 4.90 Å². The Balaban J connectivity index is 1.23. The van der Waals surface area contributed by atoms with Crippen molar-refractivity contribution >= 4 is 28.9 Å². The van der Waals surface area contributed by atoms with Crippen LogP contribution in [0.1, 0.15) is 66.0 Å². The number of para-hydroxylation sites is 1. The zero-order valence-electron chi connectivity index (χ0n) is 23.2. The van der Waals surface area contributed by atoms with Crippen molar-refractivity contribution in [2.24, 2.45) is 0 Å². The molecule has 1 amide bonds. The number of amides is 1. The van der Waals surface area contributed by atoms with Crippen molar-refractivity contribution in [2.45, 2.75) is 38.6 Å². The number of nitrogens with zero attached hydrogens (tertiary/aromatic N) is 5. The molecular weight excluding hydrogens is 522 g/mol. The number of carbonyl (C=O) groups excluding carboxylic acids is 1. The van der Waals surface area contributed by atoms with Crippen LogP contribution in [0, 0.1) is 0 Å². The molecule has 4 aromatic rings. The van der Waals surface area contributed by atoms with Crippen molar-refractivity contribution in [1.29, 1.82) is 0 Å². The van der Waals surface area contributed by atoms with Gasteiger partial charge in [-0.3, -0.25) is 9.69 Å². The molecule has 0 spiro atoms. The Hall–Kier alpha value is -3.68. The molecule has 40 heavy (non-hydrogen) atoms. The number of fused-ring (bicyclic) bond motifs is 2. The lowest BCUT2D eigenvalue weighted by atomic mass is 9.93. The molecule has 206 valence electrons. The number of rotatable bonds is 6. The third-order valence-corrected chi connectivity index (χ3v) is 8.69. The molecule has 0 aliphatic carbocycles. The zero-order valence-corrected chi connectivity index (χ0v) is 23.9. The van der Waals surface area contributed by atoms with E-state index in [4.69, 9.17) is 16.1 Å². The lowest BCUT2D eigenvalue weighted by Crippen LogP contribution is -2.48. The second-order valence-corrected chi connectivity index (χ2v) is 11.0. The number of hydrogen-bond acceptors (Lipinski definition) is 6. The van der Waals surface area contributed by atoms with Crippen molar-refractivity contribution < 1.29 is 9.32 Å². The summed E-state index contributed by atoms with van der Waals surface area (Å²) < 4.78 is 5.55. The topological polar surface area (TPSA) is 65.7 Å². The van der Waals surface area contributed by atoms with E-state index in [0.29, 0.717) is 16.7 Å². The molecule has 2 aliphatic heterocycles. The zero-order chi connectivity index (χ0) is 27.8. The van der Waals surface area contributed by atoms with E-state index >= 15 is 0 Å². The summed E-state index contributed by atoms with van der Waals surface area (Å²) in [7, 11) is 1.87. The van der Waals surface area contributed by atoms with E-state index in [-0.39, 0.29) is 17.9 Å². The summed E-state index contributed by atoms with van der Waals surface area (Å²) in [6.07, 6.45) is 1.93. The van der Waals surface area contributed by atoms with Gasteiger partial charge in [0.25, 0.3) is 5.91 Å². The number of anilines is 2. The van der Waals surface area contributed by atoms with Gasteiger partial charge in [0.2, 0.25) is 11.7 Å². The summed E-state index contributed by atoms with van der Waals surface area (Å²) in [6.45, 7) is 7.60. The van der Waals surface area contributed by atoms with E-state index in [9.17, 15) is 4.79 Å². The minimum atomic E-state index is 0.00352. The Morgan fingerprint density at radius 3 is 2.35 bits per heavy atom. The number of hydrogen-bond donors (Lipinski definition) is 0. The molecule has 8 heteroatoms. The van der Waals surface area contributed by atoms with E-state index in [1.807, 2.05) is 49.5 Å². The Morgan fingerprint density at radius 2 is 1.62 bits per heavy atom. The van der Waals surface area contributed by atoms with Gasteiger partial charge in [-0.15, -0.1) is 0 Å². The molecular formula is C32H34ClN5O2.